The fraction of sp³-hybridized carbons (Fsp3) is 0.400. The summed E-state index contributed by atoms with van der Waals surface area (Å²) in [4.78, 5) is 27.6. The summed E-state index contributed by atoms with van der Waals surface area (Å²) in [5, 5.41) is 27.8. The molecule has 2 aromatic heterocycles. The molecular formula is C10H11ClN4O5. The van der Waals surface area contributed by atoms with Crippen molar-refractivity contribution in [3.63, 3.8) is 0 Å². The normalized spacial score (nSPS) is 15.8. The van der Waals surface area contributed by atoms with Gasteiger partial charge in [-0.25, -0.2) is 15.0 Å². The van der Waals surface area contributed by atoms with Gasteiger partial charge in [-0.1, -0.05) is 11.6 Å². The number of rotatable bonds is 6. The number of aromatic nitrogens is 4. The highest BCUT2D eigenvalue weighted by molar-refractivity contribution is 6.33. The minimum Gasteiger partial charge on any atom is -0.397 e. The second-order valence-corrected chi connectivity index (χ2v) is 4.21. The van der Waals surface area contributed by atoms with Crippen LogP contribution in [0.25, 0.3) is 11.2 Å². The molecule has 9 nitrogen and oxygen atoms in total. The molecule has 2 aromatic rings. The molecule has 0 radical (unpaired) electrons. The van der Waals surface area contributed by atoms with Gasteiger partial charge in [0, 0.05) is 0 Å². The molecule has 0 aliphatic heterocycles. The van der Waals surface area contributed by atoms with Crippen LogP contribution >= 0.6 is 11.6 Å². The van der Waals surface area contributed by atoms with Crippen molar-refractivity contribution in [3.05, 3.63) is 17.8 Å². The quantitative estimate of drug-likeness (QED) is 0.420. The highest BCUT2D eigenvalue weighted by Crippen LogP contribution is 2.16. The maximum atomic E-state index is 10.9. The molecule has 2 rings (SSSR count). The van der Waals surface area contributed by atoms with E-state index in [9.17, 15) is 15.0 Å². The van der Waals surface area contributed by atoms with Gasteiger partial charge in [0.05, 0.1) is 6.61 Å². The Labute approximate surface area is 117 Å². The fourth-order valence-corrected chi connectivity index (χ4v) is 1.67. The highest BCUT2D eigenvalue weighted by Gasteiger charge is 2.28. The van der Waals surface area contributed by atoms with E-state index >= 15 is 0 Å². The van der Waals surface area contributed by atoms with Crippen LogP contribution in [0.1, 0.15) is 0 Å². The number of aliphatic hydroxyl groups excluding tert-OH is 3. The van der Waals surface area contributed by atoms with Crippen molar-refractivity contribution in [2.24, 2.45) is 0 Å². The van der Waals surface area contributed by atoms with Crippen LogP contribution in [-0.4, -0.2) is 66.2 Å². The molecule has 3 N–H and O–H groups in total. The molecule has 10 heteroatoms. The van der Waals surface area contributed by atoms with Gasteiger partial charge in [0.1, 0.15) is 30.4 Å². The average Bonchev–Trinajstić information content (AvgIpc) is 2.87. The Balaban J connectivity index is 2.26. The van der Waals surface area contributed by atoms with Crippen molar-refractivity contribution >= 4 is 29.1 Å². The zero-order valence-electron chi connectivity index (χ0n) is 10.00. The van der Waals surface area contributed by atoms with Crippen LogP contribution in [0, 0.1) is 0 Å². The van der Waals surface area contributed by atoms with E-state index in [0.717, 1.165) is 4.73 Å². The highest BCUT2D eigenvalue weighted by atomic mass is 35.5. The molecule has 0 unspecified atom stereocenters. The molecule has 20 heavy (non-hydrogen) atoms. The summed E-state index contributed by atoms with van der Waals surface area (Å²) >= 11 is 5.80. The summed E-state index contributed by atoms with van der Waals surface area (Å²) < 4.78 is 1.02. The maximum Gasteiger partial charge on any atom is 0.208 e. The Hall–Kier alpha value is -1.81. The summed E-state index contributed by atoms with van der Waals surface area (Å²) in [6.45, 7) is -0.715. The Kier molecular flexibility index (Phi) is 4.45. The number of imidazole rings is 1. The molecule has 2 heterocycles. The minimum atomic E-state index is -1.60. The van der Waals surface area contributed by atoms with Gasteiger partial charge in [0.2, 0.25) is 11.8 Å². The molecule has 0 saturated carbocycles. The Bertz CT molecular complexity index is 606. The van der Waals surface area contributed by atoms with Gasteiger partial charge in [-0.3, -0.25) is 4.79 Å². The van der Waals surface area contributed by atoms with Gasteiger partial charge in [0.25, 0.3) is 0 Å². The third-order valence-electron chi connectivity index (χ3n) is 2.55. The molecule has 0 saturated heterocycles. The van der Waals surface area contributed by atoms with Crippen LogP contribution < -0.4 is 4.84 Å². The lowest BCUT2D eigenvalue weighted by atomic mass is 10.1. The number of carbonyl (C=O) groups is 1. The largest absolute Gasteiger partial charge is 0.397 e. The molecule has 3 atom stereocenters. The molecule has 108 valence electrons. The number of hydrogen-bond acceptors (Lipinski definition) is 8. The average molecular weight is 303 g/mol. The van der Waals surface area contributed by atoms with Crippen molar-refractivity contribution in [2.75, 3.05) is 6.61 Å². The van der Waals surface area contributed by atoms with Gasteiger partial charge in [-0.15, -0.1) is 0 Å². The first-order valence-corrected chi connectivity index (χ1v) is 5.89. The Morgan fingerprint density at radius 2 is 2.15 bits per heavy atom. The van der Waals surface area contributed by atoms with Crippen molar-refractivity contribution in [1.29, 1.82) is 0 Å². The Morgan fingerprint density at radius 3 is 2.80 bits per heavy atom. The Morgan fingerprint density at radius 1 is 1.40 bits per heavy atom. The van der Waals surface area contributed by atoms with Gasteiger partial charge in [-0.2, -0.15) is 4.73 Å². The summed E-state index contributed by atoms with van der Waals surface area (Å²) in [5.74, 6) is 0. The van der Waals surface area contributed by atoms with Gasteiger partial charge in [0.15, 0.2) is 11.4 Å². The van der Waals surface area contributed by atoms with Crippen LogP contribution in [0.2, 0.25) is 5.15 Å². The number of carbonyl (C=O) groups excluding carboxylic acids is 1. The molecule has 0 amide bonds. The van der Waals surface area contributed by atoms with Gasteiger partial charge >= 0.3 is 0 Å². The third kappa shape index (κ3) is 2.70. The summed E-state index contributed by atoms with van der Waals surface area (Å²) in [6.07, 6.45) is -1.87. The van der Waals surface area contributed by atoms with Crippen molar-refractivity contribution in [1.82, 2.24) is 19.7 Å². The lowest BCUT2D eigenvalue weighted by Crippen LogP contribution is -2.46. The van der Waals surface area contributed by atoms with E-state index in [2.05, 4.69) is 15.0 Å². The predicted molar refractivity (Wildman–Crippen MR) is 65.9 cm³/mol. The van der Waals surface area contributed by atoms with E-state index < -0.39 is 24.9 Å². The van der Waals surface area contributed by atoms with Crippen LogP contribution in [0.15, 0.2) is 12.7 Å². The first kappa shape index (κ1) is 14.6. The van der Waals surface area contributed by atoms with E-state index in [-0.39, 0.29) is 22.6 Å². The zero-order valence-corrected chi connectivity index (χ0v) is 10.8. The minimum absolute atomic E-state index is 0.107. The van der Waals surface area contributed by atoms with E-state index in [1.54, 1.807) is 0 Å². The van der Waals surface area contributed by atoms with Crippen LogP contribution in [0.3, 0.4) is 0 Å². The first-order chi connectivity index (χ1) is 9.58. The standard InChI is InChI=1S/C10H11ClN4O5/c11-9-7-10(13-3-12-9)15(4-14-7)20-6(2-17)8(19)5(18)1-16/h2-6,8,16,18-19H,1H2/t5-,6+,8-/m1/s1. The second-order valence-electron chi connectivity index (χ2n) is 3.85. The lowest BCUT2D eigenvalue weighted by Gasteiger charge is -2.22. The number of fused-ring (bicyclic) bond motifs is 1. The van der Waals surface area contributed by atoms with Crippen LogP contribution in [0.4, 0.5) is 0 Å². The lowest BCUT2D eigenvalue weighted by molar-refractivity contribution is -0.136. The molecule has 0 fully saturated rings. The SMILES string of the molecule is O=C[C@H](On1cnc2c(Cl)ncnc21)[C@H](O)[C@H](O)CO. The molecule has 0 aliphatic rings. The summed E-state index contributed by atoms with van der Waals surface area (Å²) in [6, 6.07) is 0. The van der Waals surface area contributed by atoms with E-state index in [1.165, 1.54) is 12.7 Å². The topological polar surface area (TPSA) is 131 Å². The zero-order chi connectivity index (χ0) is 14.7. The molecular weight excluding hydrogens is 292 g/mol. The summed E-state index contributed by atoms with van der Waals surface area (Å²) in [7, 11) is 0. The third-order valence-corrected chi connectivity index (χ3v) is 2.82. The van der Waals surface area contributed by atoms with Crippen LogP contribution in [-0.2, 0) is 4.79 Å². The van der Waals surface area contributed by atoms with E-state index in [0.29, 0.717) is 0 Å². The predicted octanol–water partition coefficient (Wildman–Crippen LogP) is -1.81. The monoisotopic (exact) mass is 302 g/mol. The van der Waals surface area contributed by atoms with Crippen molar-refractivity contribution < 1.29 is 25.0 Å². The van der Waals surface area contributed by atoms with Crippen LogP contribution in [0.5, 0.6) is 0 Å². The number of nitrogens with zero attached hydrogens (tertiary/aromatic N) is 4. The maximum absolute atomic E-state index is 10.9. The number of aliphatic hydroxyl groups is 3. The second kappa shape index (κ2) is 6.09. The van der Waals surface area contributed by atoms with E-state index in [1.807, 2.05) is 0 Å². The van der Waals surface area contributed by atoms with Gasteiger partial charge in [-0.05, 0) is 0 Å². The molecule has 0 spiro atoms. The van der Waals surface area contributed by atoms with E-state index in [4.69, 9.17) is 21.5 Å². The number of hydrogen-bond donors (Lipinski definition) is 3. The molecule has 0 aromatic carbocycles. The number of aldehydes is 1. The summed E-state index contributed by atoms with van der Waals surface area (Å²) in [5.41, 5.74) is 0.457. The fourth-order valence-electron chi connectivity index (χ4n) is 1.49. The molecule has 0 aliphatic carbocycles. The van der Waals surface area contributed by atoms with Crippen molar-refractivity contribution in [3.8, 4) is 0 Å². The van der Waals surface area contributed by atoms with Gasteiger partial charge < -0.3 is 20.2 Å². The molecule has 0 bridgehead atoms. The smallest absolute Gasteiger partial charge is 0.208 e. The van der Waals surface area contributed by atoms with Crippen molar-refractivity contribution in [2.45, 2.75) is 18.3 Å². The number of halogens is 1. The first-order valence-electron chi connectivity index (χ1n) is 5.51.